The number of phenols is 1. The Kier molecular flexibility index (Phi) is 5.29. The molecule has 0 atom stereocenters. The van der Waals surface area contributed by atoms with E-state index in [1.165, 1.54) is 24.3 Å². The zero-order valence-corrected chi connectivity index (χ0v) is 13.9. The molecule has 0 heterocycles. The molecule has 0 unspecified atom stereocenters. The van der Waals surface area contributed by atoms with Crippen LogP contribution in [-0.4, -0.2) is 17.0 Å². The van der Waals surface area contributed by atoms with Gasteiger partial charge in [-0.3, -0.25) is 4.79 Å². The molecule has 5 nitrogen and oxygen atoms in total. The first-order valence-electron chi connectivity index (χ1n) is 8.03. The van der Waals surface area contributed by atoms with Gasteiger partial charge in [0.1, 0.15) is 12.4 Å². The molecule has 5 heteroatoms. The van der Waals surface area contributed by atoms with Crippen molar-refractivity contribution in [1.82, 2.24) is 0 Å². The summed E-state index contributed by atoms with van der Waals surface area (Å²) in [5.41, 5.74) is 2.38. The van der Waals surface area contributed by atoms with Gasteiger partial charge in [-0.2, -0.15) is 0 Å². The van der Waals surface area contributed by atoms with Crippen LogP contribution in [0.15, 0.2) is 78.9 Å². The number of hydrogen-bond acceptors (Lipinski definition) is 4. The van der Waals surface area contributed by atoms with Crippen molar-refractivity contribution in [1.29, 1.82) is 0 Å². The zero-order valence-electron chi connectivity index (χ0n) is 13.9. The van der Waals surface area contributed by atoms with E-state index in [4.69, 9.17) is 4.74 Å². The van der Waals surface area contributed by atoms with Crippen molar-refractivity contribution in [2.24, 2.45) is 0 Å². The van der Waals surface area contributed by atoms with Crippen LogP contribution in [0.3, 0.4) is 0 Å². The van der Waals surface area contributed by atoms with Crippen molar-refractivity contribution in [3.8, 4) is 5.75 Å². The molecule has 26 heavy (non-hydrogen) atoms. The van der Waals surface area contributed by atoms with Gasteiger partial charge in [0, 0.05) is 11.3 Å². The summed E-state index contributed by atoms with van der Waals surface area (Å²) in [7, 11) is 0. The molecule has 1 amide bonds. The van der Waals surface area contributed by atoms with E-state index < -0.39 is 5.97 Å². The third kappa shape index (κ3) is 4.48. The minimum Gasteiger partial charge on any atom is -0.508 e. The lowest BCUT2D eigenvalue weighted by atomic mass is 10.1. The highest BCUT2D eigenvalue weighted by Crippen LogP contribution is 2.13. The summed E-state index contributed by atoms with van der Waals surface area (Å²) < 4.78 is 5.23. The molecule has 0 aliphatic rings. The normalized spacial score (nSPS) is 10.2. The van der Waals surface area contributed by atoms with E-state index in [9.17, 15) is 14.7 Å². The summed E-state index contributed by atoms with van der Waals surface area (Å²) in [6.45, 7) is 0.0975. The minimum atomic E-state index is -0.476. The Labute approximate surface area is 150 Å². The van der Waals surface area contributed by atoms with Gasteiger partial charge in [0.05, 0.1) is 5.56 Å². The first kappa shape index (κ1) is 17.2. The van der Waals surface area contributed by atoms with E-state index >= 15 is 0 Å². The Bertz CT molecular complexity index is 888. The lowest BCUT2D eigenvalue weighted by Gasteiger charge is -2.07. The largest absolute Gasteiger partial charge is 0.508 e. The van der Waals surface area contributed by atoms with Crippen LogP contribution < -0.4 is 5.32 Å². The molecule has 3 rings (SSSR count). The van der Waals surface area contributed by atoms with E-state index in [-0.39, 0.29) is 18.3 Å². The quantitative estimate of drug-likeness (QED) is 0.684. The zero-order chi connectivity index (χ0) is 18.4. The van der Waals surface area contributed by atoms with E-state index in [0.29, 0.717) is 11.1 Å². The third-order valence-electron chi connectivity index (χ3n) is 3.72. The maximum atomic E-state index is 12.2. The summed E-state index contributed by atoms with van der Waals surface area (Å²) in [6, 6.07) is 21.9. The number of benzene rings is 3. The molecule has 0 fully saturated rings. The molecule has 0 bridgehead atoms. The van der Waals surface area contributed by atoms with Crippen LogP contribution in [0.5, 0.6) is 5.75 Å². The van der Waals surface area contributed by atoms with Gasteiger partial charge in [0.2, 0.25) is 0 Å². The van der Waals surface area contributed by atoms with Gasteiger partial charge in [-0.15, -0.1) is 0 Å². The molecule has 0 aliphatic heterocycles. The number of rotatable bonds is 5. The monoisotopic (exact) mass is 347 g/mol. The highest BCUT2D eigenvalue weighted by atomic mass is 16.5. The fourth-order valence-corrected chi connectivity index (χ4v) is 2.31. The molecule has 0 aromatic heterocycles. The molecule has 0 saturated carbocycles. The van der Waals surface area contributed by atoms with E-state index in [1.807, 2.05) is 30.3 Å². The average Bonchev–Trinajstić information content (AvgIpc) is 2.68. The number of hydrogen-bond donors (Lipinski definition) is 2. The lowest BCUT2D eigenvalue weighted by molar-refractivity contribution is 0.0472. The number of nitrogens with one attached hydrogen (secondary N) is 1. The third-order valence-corrected chi connectivity index (χ3v) is 3.72. The fourth-order valence-electron chi connectivity index (χ4n) is 2.31. The van der Waals surface area contributed by atoms with Crippen molar-refractivity contribution in [2.45, 2.75) is 6.61 Å². The molecular formula is C21H17NO4. The number of para-hydroxylation sites is 1. The second-order valence-electron chi connectivity index (χ2n) is 5.64. The van der Waals surface area contributed by atoms with Crippen molar-refractivity contribution in [3.05, 3.63) is 95.6 Å². The van der Waals surface area contributed by atoms with Crippen LogP contribution in [0.25, 0.3) is 0 Å². The SMILES string of the molecule is O=C(Nc1ccccc1)c1ccc(COC(=O)c2ccc(O)cc2)cc1. The Morgan fingerprint density at radius 1 is 0.808 bits per heavy atom. The van der Waals surface area contributed by atoms with Crippen LogP contribution in [0, 0.1) is 0 Å². The Hall–Kier alpha value is -3.60. The summed E-state index contributed by atoms with van der Waals surface area (Å²) in [5.74, 6) is -0.592. The first-order valence-corrected chi connectivity index (χ1v) is 8.03. The average molecular weight is 347 g/mol. The number of ether oxygens (including phenoxy) is 1. The number of aromatic hydroxyl groups is 1. The second kappa shape index (κ2) is 7.98. The van der Waals surface area contributed by atoms with Crippen LogP contribution >= 0.6 is 0 Å². The van der Waals surface area contributed by atoms with Crippen molar-refractivity contribution in [2.75, 3.05) is 5.32 Å². The Morgan fingerprint density at radius 2 is 1.42 bits per heavy atom. The number of anilines is 1. The van der Waals surface area contributed by atoms with Crippen molar-refractivity contribution < 1.29 is 19.4 Å². The highest BCUT2D eigenvalue weighted by molar-refractivity contribution is 6.04. The number of amides is 1. The maximum Gasteiger partial charge on any atom is 0.338 e. The topological polar surface area (TPSA) is 75.6 Å². The molecule has 0 aliphatic carbocycles. The van der Waals surface area contributed by atoms with Crippen LogP contribution in [0.2, 0.25) is 0 Å². The Morgan fingerprint density at radius 3 is 2.08 bits per heavy atom. The number of phenolic OH excluding ortho intramolecular Hbond substituents is 1. The molecule has 0 spiro atoms. The molecule has 3 aromatic rings. The van der Waals surface area contributed by atoms with Crippen LogP contribution in [0.1, 0.15) is 26.3 Å². The van der Waals surface area contributed by atoms with E-state index in [2.05, 4.69) is 5.32 Å². The van der Waals surface area contributed by atoms with E-state index in [0.717, 1.165) is 11.3 Å². The van der Waals surface area contributed by atoms with Crippen molar-refractivity contribution >= 4 is 17.6 Å². The summed E-state index contributed by atoms with van der Waals surface area (Å²) in [6.07, 6.45) is 0. The second-order valence-corrected chi connectivity index (χ2v) is 5.64. The first-order chi connectivity index (χ1) is 12.6. The molecule has 2 N–H and O–H groups in total. The fraction of sp³-hybridized carbons (Fsp3) is 0.0476. The minimum absolute atomic E-state index is 0.0888. The van der Waals surface area contributed by atoms with Crippen molar-refractivity contribution in [3.63, 3.8) is 0 Å². The highest BCUT2D eigenvalue weighted by Gasteiger charge is 2.09. The van der Waals surface area contributed by atoms with Gasteiger partial charge in [-0.1, -0.05) is 30.3 Å². The Balaban J connectivity index is 1.56. The molecule has 3 aromatic carbocycles. The molecule has 130 valence electrons. The van der Waals surface area contributed by atoms with E-state index in [1.54, 1.807) is 24.3 Å². The van der Waals surface area contributed by atoms with Gasteiger partial charge < -0.3 is 15.2 Å². The molecule has 0 radical (unpaired) electrons. The van der Waals surface area contributed by atoms with Crippen LogP contribution in [-0.2, 0) is 11.3 Å². The summed E-state index contributed by atoms with van der Waals surface area (Å²) in [5, 5.41) is 12.0. The predicted molar refractivity (Wildman–Crippen MR) is 98.1 cm³/mol. The number of carbonyl (C=O) groups excluding carboxylic acids is 2. The summed E-state index contributed by atoms with van der Waals surface area (Å²) in [4.78, 5) is 24.1. The summed E-state index contributed by atoms with van der Waals surface area (Å²) >= 11 is 0. The van der Waals surface area contributed by atoms with Crippen LogP contribution in [0.4, 0.5) is 5.69 Å². The maximum absolute atomic E-state index is 12.2. The number of carbonyl (C=O) groups is 2. The predicted octanol–water partition coefficient (Wildman–Crippen LogP) is 4.00. The van der Waals surface area contributed by atoms with Gasteiger partial charge in [0.25, 0.3) is 5.91 Å². The standard InChI is InChI=1S/C21H17NO4/c23-19-12-10-17(11-13-19)21(25)26-14-15-6-8-16(9-7-15)20(24)22-18-4-2-1-3-5-18/h1-13,23H,14H2,(H,22,24). The van der Waals surface area contributed by atoms with Gasteiger partial charge >= 0.3 is 5.97 Å². The molecule has 0 saturated heterocycles. The smallest absolute Gasteiger partial charge is 0.338 e. The van der Waals surface area contributed by atoms with Gasteiger partial charge in [-0.05, 0) is 54.1 Å². The van der Waals surface area contributed by atoms with Gasteiger partial charge in [-0.25, -0.2) is 4.79 Å². The van der Waals surface area contributed by atoms with Gasteiger partial charge in [0.15, 0.2) is 0 Å². The molecular weight excluding hydrogens is 330 g/mol. The lowest BCUT2D eigenvalue weighted by Crippen LogP contribution is -2.11. The number of esters is 1.